The van der Waals surface area contributed by atoms with Gasteiger partial charge in [-0.25, -0.2) is 4.39 Å². The molecule has 22 heavy (non-hydrogen) atoms. The van der Waals surface area contributed by atoms with E-state index >= 15 is 0 Å². The number of piperidine rings is 1. The van der Waals surface area contributed by atoms with Crippen LogP contribution in [0.2, 0.25) is 0 Å². The minimum atomic E-state index is -1.08. The largest absolute Gasteiger partial charge is 0.388 e. The van der Waals surface area contributed by atoms with Crippen molar-refractivity contribution in [2.45, 2.75) is 50.0 Å². The number of aliphatic hydroxyl groups is 2. The van der Waals surface area contributed by atoms with Gasteiger partial charge in [-0.2, -0.15) is 0 Å². The summed E-state index contributed by atoms with van der Waals surface area (Å²) in [6.45, 7) is 4.30. The summed E-state index contributed by atoms with van der Waals surface area (Å²) in [5, 5.41) is 20.1. The molecule has 2 fully saturated rings. The SMILES string of the molecule is C[C@]1(O)CC2(CCN(Cc3cccc(F)c3)CC2)OC[C@@H]1O. The maximum atomic E-state index is 13.2. The second-order valence-electron chi connectivity index (χ2n) is 6.95. The van der Waals surface area contributed by atoms with Gasteiger partial charge in [0, 0.05) is 26.1 Å². The van der Waals surface area contributed by atoms with Gasteiger partial charge in [-0.05, 0) is 37.5 Å². The Labute approximate surface area is 130 Å². The molecule has 5 heteroatoms. The van der Waals surface area contributed by atoms with Crippen molar-refractivity contribution < 1.29 is 19.3 Å². The molecule has 0 unspecified atom stereocenters. The Morgan fingerprint density at radius 3 is 2.73 bits per heavy atom. The Morgan fingerprint density at radius 2 is 2.09 bits per heavy atom. The first kappa shape index (κ1) is 15.9. The molecule has 3 rings (SSSR count). The van der Waals surface area contributed by atoms with Crippen LogP contribution in [-0.2, 0) is 11.3 Å². The normalized spacial score (nSPS) is 32.3. The molecule has 0 bridgehead atoms. The first-order valence-corrected chi connectivity index (χ1v) is 7.90. The molecule has 4 nitrogen and oxygen atoms in total. The van der Waals surface area contributed by atoms with Crippen molar-refractivity contribution in [1.29, 1.82) is 0 Å². The van der Waals surface area contributed by atoms with Crippen LogP contribution in [0.1, 0.15) is 31.7 Å². The zero-order valence-electron chi connectivity index (χ0n) is 13.0. The van der Waals surface area contributed by atoms with E-state index in [9.17, 15) is 14.6 Å². The van der Waals surface area contributed by atoms with E-state index in [1.165, 1.54) is 6.07 Å². The van der Waals surface area contributed by atoms with Crippen LogP contribution in [-0.4, -0.2) is 52.1 Å². The van der Waals surface area contributed by atoms with E-state index in [2.05, 4.69) is 4.90 Å². The molecule has 2 aliphatic heterocycles. The van der Waals surface area contributed by atoms with Gasteiger partial charge in [0.1, 0.15) is 11.9 Å². The quantitative estimate of drug-likeness (QED) is 0.873. The fourth-order valence-electron chi connectivity index (χ4n) is 3.59. The van der Waals surface area contributed by atoms with E-state index in [4.69, 9.17) is 4.74 Å². The molecular formula is C17H24FNO3. The van der Waals surface area contributed by atoms with E-state index < -0.39 is 11.7 Å². The van der Waals surface area contributed by atoms with E-state index in [0.717, 1.165) is 38.0 Å². The van der Waals surface area contributed by atoms with Gasteiger partial charge >= 0.3 is 0 Å². The van der Waals surface area contributed by atoms with Crippen molar-refractivity contribution in [3.05, 3.63) is 35.6 Å². The minimum Gasteiger partial charge on any atom is -0.388 e. The third-order valence-corrected chi connectivity index (χ3v) is 5.01. The lowest BCUT2D eigenvalue weighted by atomic mass is 9.76. The molecule has 0 aromatic heterocycles. The Hall–Kier alpha value is -1.01. The standard InChI is InChI=1S/C17H24FNO3/c1-16(21)12-17(22-11-15(16)20)5-7-19(8-6-17)10-13-3-2-4-14(18)9-13/h2-4,9,15,20-21H,5-8,10-12H2,1H3/t15-,16-/m0/s1. The fraction of sp³-hybridized carbons (Fsp3) is 0.647. The lowest BCUT2D eigenvalue weighted by Gasteiger charge is -2.50. The van der Waals surface area contributed by atoms with Crippen molar-refractivity contribution in [2.24, 2.45) is 0 Å². The maximum absolute atomic E-state index is 13.2. The molecule has 1 spiro atoms. The van der Waals surface area contributed by atoms with Crippen LogP contribution in [0.3, 0.4) is 0 Å². The first-order chi connectivity index (χ1) is 10.4. The van der Waals surface area contributed by atoms with Gasteiger partial charge in [0.15, 0.2) is 0 Å². The molecule has 122 valence electrons. The number of nitrogens with zero attached hydrogens (tertiary/aromatic N) is 1. The molecule has 2 N–H and O–H groups in total. The van der Waals surface area contributed by atoms with Crippen LogP contribution in [0, 0.1) is 5.82 Å². The van der Waals surface area contributed by atoms with Gasteiger partial charge in [0.05, 0.1) is 17.8 Å². The van der Waals surface area contributed by atoms with Crippen LogP contribution in [0.5, 0.6) is 0 Å². The number of halogens is 1. The highest BCUT2D eigenvalue weighted by Gasteiger charge is 2.48. The Kier molecular flexibility index (Phi) is 4.25. The lowest BCUT2D eigenvalue weighted by Crippen LogP contribution is -2.59. The predicted octanol–water partition coefficient (Wildman–Crippen LogP) is 1.69. The third kappa shape index (κ3) is 3.33. The van der Waals surface area contributed by atoms with Crippen LogP contribution in [0.15, 0.2) is 24.3 Å². The van der Waals surface area contributed by atoms with E-state index in [1.807, 2.05) is 6.07 Å². The summed E-state index contributed by atoms with van der Waals surface area (Å²) < 4.78 is 19.1. The maximum Gasteiger partial charge on any atom is 0.123 e. The number of hydrogen-bond acceptors (Lipinski definition) is 4. The third-order valence-electron chi connectivity index (χ3n) is 5.01. The van der Waals surface area contributed by atoms with Gasteiger partial charge in [-0.1, -0.05) is 12.1 Å². The van der Waals surface area contributed by atoms with Gasteiger partial charge in [-0.3, -0.25) is 4.90 Å². The highest BCUT2D eigenvalue weighted by molar-refractivity contribution is 5.16. The minimum absolute atomic E-state index is 0.191. The van der Waals surface area contributed by atoms with Gasteiger partial charge in [-0.15, -0.1) is 0 Å². The highest BCUT2D eigenvalue weighted by atomic mass is 19.1. The number of ether oxygens (including phenoxy) is 1. The molecule has 2 aliphatic rings. The van der Waals surface area contributed by atoms with E-state index in [-0.39, 0.29) is 18.0 Å². The summed E-state index contributed by atoms with van der Waals surface area (Å²) in [4.78, 5) is 2.28. The van der Waals surface area contributed by atoms with Crippen LogP contribution < -0.4 is 0 Å². The summed E-state index contributed by atoms with van der Waals surface area (Å²) in [5.74, 6) is -0.202. The molecule has 0 saturated carbocycles. The van der Waals surface area contributed by atoms with Crippen molar-refractivity contribution in [3.63, 3.8) is 0 Å². The number of likely N-dealkylation sites (tertiary alicyclic amines) is 1. The van der Waals surface area contributed by atoms with Crippen molar-refractivity contribution >= 4 is 0 Å². The van der Waals surface area contributed by atoms with Crippen LogP contribution in [0.25, 0.3) is 0 Å². The average Bonchev–Trinajstić information content (AvgIpc) is 2.46. The van der Waals surface area contributed by atoms with Crippen LogP contribution >= 0.6 is 0 Å². The summed E-state index contributed by atoms with van der Waals surface area (Å²) in [6.07, 6.45) is 1.30. The lowest BCUT2D eigenvalue weighted by molar-refractivity contribution is -0.223. The van der Waals surface area contributed by atoms with Crippen molar-refractivity contribution in [3.8, 4) is 0 Å². The number of hydrogen-bond donors (Lipinski definition) is 2. The van der Waals surface area contributed by atoms with Gasteiger partial charge in [0.25, 0.3) is 0 Å². The highest BCUT2D eigenvalue weighted by Crippen LogP contribution is 2.39. The second kappa shape index (κ2) is 5.89. The summed E-state index contributed by atoms with van der Waals surface area (Å²) in [7, 11) is 0. The average molecular weight is 309 g/mol. The molecule has 1 aromatic carbocycles. The molecule has 0 aliphatic carbocycles. The summed E-state index contributed by atoms with van der Waals surface area (Å²) in [5.41, 5.74) is -0.438. The number of rotatable bonds is 2. The fourth-order valence-corrected chi connectivity index (χ4v) is 3.59. The molecule has 0 amide bonds. The van der Waals surface area contributed by atoms with E-state index in [0.29, 0.717) is 6.42 Å². The first-order valence-electron chi connectivity index (χ1n) is 7.90. The zero-order valence-corrected chi connectivity index (χ0v) is 13.0. The van der Waals surface area contributed by atoms with Gasteiger partial charge < -0.3 is 14.9 Å². The van der Waals surface area contributed by atoms with Crippen LogP contribution in [0.4, 0.5) is 4.39 Å². The predicted molar refractivity (Wildman–Crippen MR) is 80.8 cm³/mol. The van der Waals surface area contributed by atoms with Crippen molar-refractivity contribution in [1.82, 2.24) is 4.90 Å². The van der Waals surface area contributed by atoms with Gasteiger partial charge in [0.2, 0.25) is 0 Å². The molecule has 2 saturated heterocycles. The Bertz CT molecular complexity index is 526. The second-order valence-corrected chi connectivity index (χ2v) is 6.95. The summed E-state index contributed by atoms with van der Waals surface area (Å²) >= 11 is 0. The zero-order chi connectivity index (χ0) is 15.8. The topological polar surface area (TPSA) is 52.9 Å². The monoisotopic (exact) mass is 309 g/mol. The molecule has 2 atom stereocenters. The smallest absolute Gasteiger partial charge is 0.123 e. The van der Waals surface area contributed by atoms with Crippen molar-refractivity contribution in [2.75, 3.05) is 19.7 Å². The summed E-state index contributed by atoms with van der Waals surface area (Å²) in [6, 6.07) is 6.70. The number of aliphatic hydroxyl groups excluding tert-OH is 1. The van der Waals surface area contributed by atoms with E-state index in [1.54, 1.807) is 19.1 Å². The Balaban J connectivity index is 1.58. The Morgan fingerprint density at radius 1 is 1.36 bits per heavy atom. The molecule has 1 aromatic rings. The molecule has 0 radical (unpaired) electrons. The number of benzene rings is 1. The molecular weight excluding hydrogens is 285 g/mol. The molecule has 2 heterocycles.